The van der Waals surface area contributed by atoms with Gasteiger partial charge in [-0.05, 0) is 12.1 Å². The summed E-state index contributed by atoms with van der Waals surface area (Å²) >= 11 is 0. The Morgan fingerprint density at radius 3 is 2.66 bits per heavy atom. The van der Waals surface area contributed by atoms with Gasteiger partial charge < -0.3 is 36.2 Å². The number of aliphatic hydroxyl groups excluding tert-OH is 3. The molecule has 2 aromatic heterocycles. The molecule has 3 heterocycles. The number of amides is 1. The number of hydrogen-bond acceptors (Lipinski definition) is 10. The summed E-state index contributed by atoms with van der Waals surface area (Å²) < 4.78 is 6.44. The van der Waals surface area contributed by atoms with Gasteiger partial charge in [-0.1, -0.05) is 6.92 Å². The molecule has 174 valence electrons. The zero-order valence-corrected chi connectivity index (χ0v) is 17.0. The number of carbonyl (C=O) groups excluding carboxylic acids is 1. The summed E-state index contributed by atoms with van der Waals surface area (Å²) in [5, 5.41) is 42.7. The number of aliphatic hydroxyl groups is 3. The molecule has 0 saturated carbocycles. The Bertz CT molecular complexity index is 1050. The summed E-state index contributed by atoms with van der Waals surface area (Å²) in [5.41, 5.74) is 4.72. The Hall–Kier alpha value is -3.10. The lowest BCUT2D eigenvalue weighted by Gasteiger charge is -2.25. The number of nitrogens with zero attached hydrogens (tertiary/aromatic N) is 2. The molecule has 2 aromatic rings. The summed E-state index contributed by atoms with van der Waals surface area (Å²) in [6.07, 6.45) is -4.15. The van der Waals surface area contributed by atoms with Crippen molar-refractivity contribution in [1.82, 2.24) is 19.9 Å². The molecule has 13 nitrogen and oxygen atoms in total. The molecule has 7 atom stereocenters. The van der Waals surface area contributed by atoms with Gasteiger partial charge in [0.15, 0.2) is 6.23 Å². The molecule has 1 aliphatic heterocycles. The van der Waals surface area contributed by atoms with E-state index in [0.717, 1.165) is 23.0 Å². The number of carbonyl (C=O) groups is 1. The van der Waals surface area contributed by atoms with Crippen molar-refractivity contribution in [3.63, 3.8) is 0 Å². The topological polar surface area (TPSA) is 213 Å². The third-order valence-corrected chi connectivity index (χ3v) is 5.38. The highest BCUT2D eigenvalue weighted by molar-refractivity contribution is 5.81. The average molecular weight is 451 g/mol. The Kier molecular flexibility index (Phi) is 7.06. The summed E-state index contributed by atoms with van der Waals surface area (Å²) in [5.74, 6) is -1.47. The van der Waals surface area contributed by atoms with Crippen LogP contribution in [0.1, 0.15) is 24.9 Å². The highest BCUT2D eigenvalue weighted by Gasteiger charge is 2.44. The van der Waals surface area contributed by atoms with Crippen LogP contribution in [-0.2, 0) is 9.53 Å². The number of H-pyrrole nitrogens is 1. The third-order valence-electron chi connectivity index (χ3n) is 5.38. The van der Waals surface area contributed by atoms with E-state index in [9.17, 15) is 34.8 Å². The van der Waals surface area contributed by atoms with Crippen LogP contribution in [0.4, 0.5) is 0 Å². The van der Waals surface area contributed by atoms with E-state index in [2.05, 4.69) is 10.3 Å². The van der Waals surface area contributed by atoms with E-state index in [1.165, 1.54) is 12.1 Å². The van der Waals surface area contributed by atoms with Crippen molar-refractivity contribution in [1.29, 1.82) is 0 Å². The Balaban J connectivity index is 1.60. The molecule has 0 aromatic carbocycles. The molecule has 32 heavy (non-hydrogen) atoms. The van der Waals surface area contributed by atoms with E-state index in [0.29, 0.717) is 0 Å². The van der Waals surface area contributed by atoms with Crippen molar-refractivity contribution < 1.29 is 30.0 Å². The maximum Gasteiger partial charge on any atom is 0.330 e. The van der Waals surface area contributed by atoms with Crippen LogP contribution in [0.15, 0.2) is 40.2 Å². The highest BCUT2D eigenvalue weighted by atomic mass is 16.6. The van der Waals surface area contributed by atoms with E-state index in [4.69, 9.17) is 10.5 Å². The fourth-order valence-electron chi connectivity index (χ4n) is 3.35. The molecule has 3 rings (SSSR count). The molecule has 13 heteroatoms. The van der Waals surface area contributed by atoms with Crippen LogP contribution in [0.3, 0.4) is 0 Å². The fourth-order valence-corrected chi connectivity index (χ4v) is 3.35. The Labute approximate surface area is 181 Å². The number of aromatic nitrogens is 3. The Morgan fingerprint density at radius 2 is 2.03 bits per heavy atom. The number of ether oxygens (including phenoxy) is 1. The maximum atomic E-state index is 12.5. The van der Waals surface area contributed by atoms with Crippen molar-refractivity contribution in [2.45, 2.75) is 43.6 Å². The maximum absolute atomic E-state index is 12.5. The van der Waals surface area contributed by atoms with E-state index in [1.54, 1.807) is 6.92 Å². The van der Waals surface area contributed by atoms with Crippen LogP contribution in [0.5, 0.6) is 5.75 Å². The minimum atomic E-state index is -1.49. The molecule has 1 fully saturated rings. The van der Waals surface area contributed by atoms with E-state index in [1.807, 2.05) is 4.98 Å². The minimum absolute atomic E-state index is 0.0737. The predicted octanol–water partition coefficient (Wildman–Crippen LogP) is -2.93. The molecule has 2 unspecified atom stereocenters. The van der Waals surface area contributed by atoms with Crippen LogP contribution in [0, 0.1) is 5.92 Å². The lowest BCUT2D eigenvalue weighted by Crippen LogP contribution is -2.49. The van der Waals surface area contributed by atoms with Crippen LogP contribution < -0.4 is 22.3 Å². The first-order valence-corrected chi connectivity index (χ1v) is 9.79. The average Bonchev–Trinajstić information content (AvgIpc) is 3.05. The smallest absolute Gasteiger partial charge is 0.330 e. The molecule has 0 bridgehead atoms. The van der Waals surface area contributed by atoms with Crippen molar-refractivity contribution in [3.05, 3.63) is 57.1 Å². The lowest BCUT2D eigenvalue weighted by molar-refractivity contribution is -0.125. The molecule has 1 amide bonds. The second-order valence-electron chi connectivity index (χ2n) is 7.58. The van der Waals surface area contributed by atoms with Gasteiger partial charge in [-0.25, -0.2) is 4.79 Å². The number of nitrogens with one attached hydrogen (secondary N) is 2. The zero-order valence-electron chi connectivity index (χ0n) is 17.0. The van der Waals surface area contributed by atoms with E-state index in [-0.39, 0.29) is 18.0 Å². The van der Waals surface area contributed by atoms with Crippen molar-refractivity contribution in [3.8, 4) is 5.75 Å². The number of rotatable bonds is 7. The molecule has 1 saturated heterocycles. The van der Waals surface area contributed by atoms with Gasteiger partial charge in [0.1, 0.15) is 30.2 Å². The Morgan fingerprint density at radius 1 is 1.31 bits per heavy atom. The number of aromatic amines is 1. The molecule has 1 aliphatic rings. The largest absolute Gasteiger partial charge is 0.506 e. The molecule has 8 N–H and O–H groups in total. The standard InChI is InChI=1S/C19H25N5O8/c1-8(14(27)10-3-2-9(25)6-21-10)13(20)17(30)22-7-11-15(28)16(29)18(32-11)24-5-4-12(26)23-19(24)31/h2-6,8,11,13-16,18,25,27-29H,7,20H2,1H3,(H,22,30)(H,23,26,31)/t8-,11+,13-,14-,15?,16?,18+/m0/s1. The highest BCUT2D eigenvalue weighted by Crippen LogP contribution is 2.28. The van der Waals surface area contributed by atoms with Gasteiger partial charge in [-0.3, -0.25) is 24.1 Å². The van der Waals surface area contributed by atoms with Gasteiger partial charge in [0.2, 0.25) is 5.91 Å². The minimum Gasteiger partial charge on any atom is -0.506 e. The van der Waals surface area contributed by atoms with Crippen LogP contribution in [0.2, 0.25) is 0 Å². The first kappa shape index (κ1) is 23.6. The summed E-state index contributed by atoms with van der Waals surface area (Å²) in [4.78, 5) is 41.5. The monoisotopic (exact) mass is 451 g/mol. The predicted molar refractivity (Wildman–Crippen MR) is 108 cm³/mol. The fraction of sp³-hybridized carbons (Fsp3) is 0.474. The van der Waals surface area contributed by atoms with Crippen molar-refractivity contribution in [2.75, 3.05) is 6.54 Å². The van der Waals surface area contributed by atoms with Crippen LogP contribution in [-0.4, -0.2) is 71.8 Å². The second-order valence-corrected chi connectivity index (χ2v) is 7.58. The van der Waals surface area contributed by atoms with Gasteiger partial charge in [0, 0.05) is 24.7 Å². The first-order chi connectivity index (χ1) is 15.1. The summed E-state index contributed by atoms with van der Waals surface area (Å²) in [7, 11) is 0. The van der Waals surface area contributed by atoms with Gasteiger partial charge in [-0.2, -0.15) is 0 Å². The molecule has 0 aliphatic carbocycles. The number of hydrogen-bond donors (Lipinski definition) is 7. The van der Waals surface area contributed by atoms with Gasteiger partial charge in [0.05, 0.1) is 17.9 Å². The lowest BCUT2D eigenvalue weighted by atomic mass is 9.93. The first-order valence-electron chi connectivity index (χ1n) is 9.79. The molecule has 0 radical (unpaired) electrons. The van der Waals surface area contributed by atoms with Gasteiger partial charge in [-0.15, -0.1) is 0 Å². The number of aromatic hydroxyl groups is 1. The zero-order chi connectivity index (χ0) is 23.6. The SMILES string of the molecule is C[C@@H]([C@H](N)C(=O)NC[C@H]1O[C@@H](n2ccc(=O)[nH]c2=O)C(O)C1O)[C@H](O)c1ccc(O)cn1. The quantitative estimate of drug-likeness (QED) is 0.227. The van der Waals surface area contributed by atoms with Crippen LogP contribution >= 0.6 is 0 Å². The summed E-state index contributed by atoms with van der Waals surface area (Å²) in [6, 6.07) is 2.66. The van der Waals surface area contributed by atoms with E-state index >= 15 is 0 Å². The molecule has 0 spiro atoms. The normalized spacial score (nSPS) is 25.8. The number of pyridine rings is 1. The third kappa shape index (κ3) is 4.87. The van der Waals surface area contributed by atoms with Crippen LogP contribution in [0.25, 0.3) is 0 Å². The molecular formula is C19H25N5O8. The van der Waals surface area contributed by atoms with Gasteiger partial charge in [0.25, 0.3) is 5.56 Å². The molecular weight excluding hydrogens is 426 g/mol. The van der Waals surface area contributed by atoms with Crippen molar-refractivity contribution in [2.24, 2.45) is 11.7 Å². The second kappa shape index (κ2) is 9.58. The number of nitrogens with two attached hydrogens (primary N) is 1. The van der Waals surface area contributed by atoms with Crippen molar-refractivity contribution >= 4 is 5.91 Å². The summed E-state index contributed by atoms with van der Waals surface area (Å²) in [6.45, 7) is 1.31. The van der Waals surface area contributed by atoms with Gasteiger partial charge >= 0.3 is 5.69 Å². The van der Waals surface area contributed by atoms with E-state index < -0.39 is 59.8 Å².